The predicted octanol–water partition coefficient (Wildman–Crippen LogP) is 7.57. The minimum atomic E-state index is -1.25. The highest BCUT2D eigenvalue weighted by Gasteiger charge is 2.40. The summed E-state index contributed by atoms with van der Waals surface area (Å²) in [5.74, 6) is -1.30. The Bertz CT molecular complexity index is 1920. The number of carboxylic acids is 1. The molecule has 6 aromatic rings. The van der Waals surface area contributed by atoms with E-state index in [9.17, 15) is 14.7 Å². The fourth-order valence-electron chi connectivity index (χ4n) is 7.12. The summed E-state index contributed by atoms with van der Waals surface area (Å²) < 4.78 is 7.79. The minimum Gasteiger partial charge on any atom is -0.480 e. The van der Waals surface area contributed by atoms with Crippen LogP contribution in [0.4, 0.5) is 4.79 Å². The number of nitrogens with one attached hydrogen (secondary N) is 1. The van der Waals surface area contributed by atoms with Gasteiger partial charge in [0, 0.05) is 18.0 Å². The van der Waals surface area contributed by atoms with Gasteiger partial charge in [0.15, 0.2) is 0 Å². The van der Waals surface area contributed by atoms with Gasteiger partial charge in [0.1, 0.15) is 18.2 Å². The number of benzene rings is 5. The molecule has 1 aliphatic rings. The minimum absolute atomic E-state index is 0.0210. The van der Waals surface area contributed by atoms with Gasteiger partial charge in [-0.05, 0) is 45.9 Å². The molecule has 0 aliphatic heterocycles. The van der Waals surface area contributed by atoms with Crippen LogP contribution in [0.3, 0.4) is 0 Å². The summed E-state index contributed by atoms with van der Waals surface area (Å²) in [6.07, 6.45) is 0.963. The Morgan fingerprint density at radius 2 is 1.21 bits per heavy atom. The van der Waals surface area contributed by atoms with Crippen LogP contribution in [0.5, 0.6) is 0 Å². The van der Waals surface area contributed by atoms with Crippen molar-refractivity contribution in [2.45, 2.75) is 30.8 Å². The molecular weight excluding hydrogens is 598 g/mol. The average Bonchev–Trinajstić information content (AvgIpc) is 3.66. The lowest BCUT2D eigenvalue weighted by atomic mass is 9.76. The molecule has 2 N–H and O–H groups in total. The average molecular weight is 634 g/mol. The number of aliphatic carboxylic acids is 1. The molecule has 1 aromatic heterocycles. The van der Waals surface area contributed by atoms with E-state index in [1.165, 1.54) is 0 Å². The van der Waals surface area contributed by atoms with E-state index in [1.807, 2.05) is 97.9 Å². The molecule has 1 atom stereocenters. The van der Waals surface area contributed by atoms with Gasteiger partial charge in [-0.1, -0.05) is 140 Å². The summed E-state index contributed by atoms with van der Waals surface area (Å²) in [4.78, 5) is 30.4. The SMILES string of the molecule is Cc1c(CC(NC(=O)OCC2c3ccccc3-c3ccccc32)C(=O)O)ncn1C(c1ccccc1)(c1ccccc1)c1ccccc1. The van der Waals surface area contributed by atoms with Crippen LogP contribution >= 0.6 is 0 Å². The zero-order valence-corrected chi connectivity index (χ0v) is 26.5. The van der Waals surface area contributed by atoms with E-state index < -0.39 is 23.6 Å². The number of rotatable bonds is 10. The molecule has 7 rings (SSSR count). The van der Waals surface area contributed by atoms with Crippen molar-refractivity contribution in [2.24, 2.45) is 0 Å². The summed E-state index contributed by atoms with van der Waals surface area (Å²) in [5.41, 5.74) is 8.05. The molecule has 0 spiro atoms. The Balaban J connectivity index is 1.17. The van der Waals surface area contributed by atoms with E-state index in [4.69, 9.17) is 9.72 Å². The molecule has 7 heteroatoms. The van der Waals surface area contributed by atoms with Gasteiger partial charge in [-0.2, -0.15) is 0 Å². The molecular formula is C41H35N3O4. The number of hydrogen-bond donors (Lipinski definition) is 2. The Hall–Kier alpha value is -5.95. The molecule has 1 aliphatic carbocycles. The van der Waals surface area contributed by atoms with Crippen LogP contribution < -0.4 is 5.32 Å². The molecule has 0 saturated carbocycles. The number of hydrogen-bond acceptors (Lipinski definition) is 4. The third-order valence-corrected chi connectivity index (χ3v) is 9.38. The lowest BCUT2D eigenvalue weighted by molar-refractivity contribution is -0.139. The maximum Gasteiger partial charge on any atom is 0.407 e. The van der Waals surface area contributed by atoms with Gasteiger partial charge >= 0.3 is 12.1 Å². The van der Waals surface area contributed by atoms with Crippen LogP contribution in [-0.4, -0.2) is 39.4 Å². The van der Waals surface area contributed by atoms with Crippen LogP contribution in [0, 0.1) is 6.92 Å². The summed E-state index contributed by atoms with van der Waals surface area (Å²) in [6, 6.07) is 45.5. The highest BCUT2D eigenvalue weighted by molar-refractivity contribution is 5.81. The topological polar surface area (TPSA) is 93.4 Å². The fourth-order valence-corrected chi connectivity index (χ4v) is 7.12. The quantitative estimate of drug-likeness (QED) is 0.152. The maximum atomic E-state index is 13.1. The number of imidazole rings is 1. The molecule has 238 valence electrons. The number of nitrogens with zero attached hydrogens (tertiary/aromatic N) is 2. The van der Waals surface area contributed by atoms with Crippen molar-refractivity contribution in [3.63, 3.8) is 0 Å². The number of fused-ring (bicyclic) bond motifs is 3. The fraction of sp³-hybridized carbons (Fsp3) is 0.146. The van der Waals surface area contributed by atoms with Crippen molar-refractivity contribution in [3.8, 4) is 11.1 Å². The molecule has 0 saturated heterocycles. The largest absolute Gasteiger partial charge is 0.480 e. The molecule has 0 radical (unpaired) electrons. The highest BCUT2D eigenvalue weighted by Crippen LogP contribution is 2.45. The first-order chi connectivity index (χ1) is 23.5. The van der Waals surface area contributed by atoms with E-state index in [0.717, 1.165) is 44.6 Å². The number of amides is 1. The molecule has 0 fully saturated rings. The van der Waals surface area contributed by atoms with Gasteiger partial charge in [-0.3, -0.25) is 0 Å². The van der Waals surface area contributed by atoms with Crippen molar-refractivity contribution in [1.82, 2.24) is 14.9 Å². The maximum absolute atomic E-state index is 13.1. The highest BCUT2D eigenvalue weighted by atomic mass is 16.5. The van der Waals surface area contributed by atoms with E-state index in [2.05, 4.69) is 58.4 Å². The Morgan fingerprint density at radius 1 is 0.750 bits per heavy atom. The normalized spacial score (nSPS) is 12.9. The van der Waals surface area contributed by atoms with Crippen molar-refractivity contribution in [3.05, 3.63) is 185 Å². The summed E-state index contributed by atoms with van der Waals surface area (Å²) in [6.45, 7) is 2.03. The second kappa shape index (κ2) is 13.0. The molecule has 7 nitrogen and oxygen atoms in total. The smallest absolute Gasteiger partial charge is 0.407 e. The van der Waals surface area contributed by atoms with Crippen molar-refractivity contribution < 1.29 is 19.4 Å². The molecule has 5 aromatic carbocycles. The molecule has 1 amide bonds. The first-order valence-electron chi connectivity index (χ1n) is 16.0. The Kier molecular flexibility index (Phi) is 8.34. The van der Waals surface area contributed by atoms with Crippen LogP contribution in [0.15, 0.2) is 146 Å². The monoisotopic (exact) mass is 633 g/mol. The molecule has 0 bridgehead atoms. The van der Waals surface area contributed by atoms with Gasteiger partial charge in [-0.15, -0.1) is 0 Å². The summed E-state index contributed by atoms with van der Waals surface area (Å²) in [7, 11) is 0. The van der Waals surface area contributed by atoms with Crippen LogP contribution in [-0.2, 0) is 21.5 Å². The Morgan fingerprint density at radius 3 is 1.69 bits per heavy atom. The van der Waals surface area contributed by atoms with Gasteiger partial charge in [0.05, 0.1) is 12.0 Å². The molecule has 1 unspecified atom stereocenters. The number of carboxylic acid groups (broad SMARTS) is 1. The lowest BCUT2D eigenvalue weighted by Gasteiger charge is -2.38. The van der Waals surface area contributed by atoms with Crippen molar-refractivity contribution in [1.29, 1.82) is 0 Å². The molecule has 48 heavy (non-hydrogen) atoms. The lowest BCUT2D eigenvalue weighted by Crippen LogP contribution is -2.43. The second-order valence-corrected chi connectivity index (χ2v) is 12.0. The number of carbonyl (C=O) groups excluding carboxylic acids is 1. The van der Waals surface area contributed by atoms with Crippen molar-refractivity contribution >= 4 is 12.1 Å². The van der Waals surface area contributed by atoms with Crippen LogP contribution in [0.1, 0.15) is 45.1 Å². The van der Waals surface area contributed by atoms with Crippen LogP contribution in [0.2, 0.25) is 0 Å². The summed E-state index contributed by atoms with van der Waals surface area (Å²) in [5, 5.41) is 12.8. The number of carbonyl (C=O) groups is 2. The Labute approximate surface area is 279 Å². The molecule has 1 heterocycles. The van der Waals surface area contributed by atoms with E-state index >= 15 is 0 Å². The van der Waals surface area contributed by atoms with E-state index in [1.54, 1.807) is 6.33 Å². The third kappa shape index (κ3) is 5.43. The third-order valence-electron chi connectivity index (χ3n) is 9.38. The standard InChI is InChI=1S/C41H35N3O4/c1-28-37(25-38(39(45)46)43-40(47)48-26-36-34-23-13-11-21-32(34)33-22-12-14-24-35(33)36)42-27-44(28)41(29-15-5-2-6-16-29,30-17-7-3-8-18-30)31-19-9-4-10-20-31/h2-24,27,36,38H,25-26H2,1H3,(H,43,47)(H,45,46). The second-order valence-electron chi connectivity index (χ2n) is 12.0. The zero-order valence-electron chi connectivity index (χ0n) is 26.5. The zero-order chi connectivity index (χ0) is 33.1. The van der Waals surface area contributed by atoms with Gasteiger partial charge in [0.2, 0.25) is 0 Å². The van der Waals surface area contributed by atoms with Gasteiger partial charge in [0.25, 0.3) is 0 Å². The predicted molar refractivity (Wildman–Crippen MR) is 185 cm³/mol. The van der Waals surface area contributed by atoms with Crippen LogP contribution in [0.25, 0.3) is 11.1 Å². The van der Waals surface area contributed by atoms with Gasteiger partial charge < -0.3 is 19.7 Å². The number of ether oxygens (including phenoxy) is 1. The van der Waals surface area contributed by atoms with E-state index in [-0.39, 0.29) is 18.9 Å². The summed E-state index contributed by atoms with van der Waals surface area (Å²) >= 11 is 0. The first kappa shape index (κ1) is 30.7. The van der Waals surface area contributed by atoms with E-state index in [0.29, 0.717) is 5.69 Å². The van der Waals surface area contributed by atoms with Gasteiger partial charge in [-0.25, -0.2) is 14.6 Å². The number of aromatic nitrogens is 2. The van der Waals surface area contributed by atoms with Crippen molar-refractivity contribution in [2.75, 3.05) is 6.61 Å². The number of alkyl carbamates (subject to hydrolysis) is 1. The first-order valence-corrected chi connectivity index (χ1v) is 16.0.